The van der Waals surface area contributed by atoms with Crippen LogP contribution in [0, 0.1) is 6.92 Å². The van der Waals surface area contributed by atoms with E-state index in [0.29, 0.717) is 27.0 Å². The third-order valence-corrected chi connectivity index (χ3v) is 6.86. The molecule has 3 aromatic rings. The van der Waals surface area contributed by atoms with Crippen LogP contribution in [-0.4, -0.2) is 24.3 Å². The number of esters is 1. The Morgan fingerprint density at radius 2 is 1.94 bits per heavy atom. The fourth-order valence-electron chi connectivity index (χ4n) is 4.21. The molecule has 0 aliphatic carbocycles. The van der Waals surface area contributed by atoms with Gasteiger partial charge in [-0.25, -0.2) is 9.79 Å². The molecule has 0 amide bonds. The maximum absolute atomic E-state index is 13.7. The first-order valence-corrected chi connectivity index (χ1v) is 12.2. The van der Waals surface area contributed by atoms with Crippen LogP contribution < -0.4 is 19.6 Å². The molecule has 2 aromatic carbocycles. The molecule has 2 heterocycles. The molecular formula is C28H28N2O4S. The van der Waals surface area contributed by atoms with Crippen LogP contribution in [0.25, 0.3) is 6.08 Å². The standard InChI is InChI=1S/C28H28N2O4S/c1-6-8-21-15-19(11-14-22(21)33-5)16-23-26(31)30-25(20-12-9-17(3)10-13-20)24(27(32)34-7-2)18(4)29-28(30)35-23/h6,9-16,25H,1,7-8H2,2-5H3/b23-16+/t25-/m0/s1. The summed E-state index contributed by atoms with van der Waals surface area (Å²) in [6.07, 6.45) is 4.32. The molecular weight excluding hydrogens is 460 g/mol. The molecule has 0 saturated carbocycles. The fourth-order valence-corrected chi connectivity index (χ4v) is 5.26. The first-order chi connectivity index (χ1) is 16.9. The number of aromatic nitrogens is 1. The van der Waals surface area contributed by atoms with E-state index in [1.807, 2.05) is 61.5 Å². The van der Waals surface area contributed by atoms with Crippen molar-refractivity contribution < 1.29 is 14.3 Å². The van der Waals surface area contributed by atoms with E-state index in [1.165, 1.54) is 11.3 Å². The SMILES string of the molecule is C=CCc1cc(/C=c2/sc3n(c2=O)[C@@H](c2ccc(C)cc2)C(C(=O)OCC)=C(C)N=3)ccc1OC. The van der Waals surface area contributed by atoms with Gasteiger partial charge >= 0.3 is 5.97 Å². The van der Waals surface area contributed by atoms with Crippen molar-refractivity contribution in [1.29, 1.82) is 0 Å². The predicted molar refractivity (Wildman–Crippen MR) is 138 cm³/mol. The molecule has 0 saturated heterocycles. The largest absolute Gasteiger partial charge is 0.496 e. The van der Waals surface area contributed by atoms with Gasteiger partial charge in [-0.3, -0.25) is 9.36 Å². The summed E-state index contributed by atoms with van der Waals surface area (Å²) in [6, 6.07) is 13.0. The van der Waals surface area contributed by atoms with Crippen molar-refractivity contribution in [3.63, 3.8) is 0 Å². The summed E-state index contributed by atoms with van der Waals surface area (Å²) in [4.78, 5) is 31.8. The second-order valence-corrected chi connectivity index (χ2v) is 9.29. The van der Waals surface area contributed by atoms with Crippen molar-refractivity contribution >= 4 is 23.4 Å². The lowest BCUT2D eigenvalue weighted by Gasteiger charge is -2.24. The van der Waals surface area contributed by atoms with Crippen LogP contribution in [0.2, 0.25) is 0 Å². The number of hydrogen-bond acceptors (Lipinski definition) is 6. The van der Waals surface area contributed by atoms with E-state index in [-0.39, 0.29) is 12.2 Å². The molecule has 6 nitrogen and oxygen atoms in total. The number of methoxy groups -OCH3 is 1. The van der Waals surface area contributed by atoms with Crippen molar-refractivity contribution in [2.45, 2.75) is 33.2 Å². The minimum Gasteiger partial charge on any atom is -0.496 e. The van der Waals surface area contributed by atoms with Gasteiger partial charge in [-0.2, -0.15) is 0 Å². The van der Waals surface area contributed by atoms with Crippen molar-refractivity contribution in [1.82, 2.24) is 4.57 Å². The van der Waals surface area contributed by atoms with Gasteiger partial charge in [0.2, 0.25) is 0 Å². The molecule has 1 atom stereocenters. The van der Waals surface area contributed by atoms with Crippen molar-refractivity contribution in [3.05, 3.63) is 108 Å². The first-order valence-electron chi connectivity index (χ1n) is 11.4. The van der Waals surface area contributed by atoms with Gasteiger partial charge in [0, 0.05) is 0 Å². The van der Waals surface area contributed by atoms with Crippen LogP contribution in [-0.2, 0) is 16.0 Å². The van der Waals surface area contributed by atoms with E-state index in [2.05, 4.69) is 11.6 Å². The average molecular weight is 489 g/mol. The number of rotatable bonds is 7. The van der Waals surface area contributed by atoms with E-state index in [1.54, 1.807) is 25.5 Å². The van der Waals surface area contributed by atoms with Crippen molar-refractivity contribution in [2.24, 2.45) is 4.99 Å². The number of nitrogens with zero attached hydrogens (tertiary/aromatic N) is 2. The number of allylic oxidation sites excluding steroid dienone is 2. The second kappa shape index (κ2) is 10.3. The Balaban J connectivity index is 1.91. The third-order valence-electron chi connectivity index (χ3n) is 5.88. The zero-order valence-electron chi connectivity index (χ0n) is 20.3. The molecule has 1 aliphatic heterocycles. The molecule has 0 unspecified atom stereocenters. The predicted octanol–water partition coefficient (Wildman–Crippen LogP) is 3.84. The minimum absolute atomic E-state index is 0.199. The number of carbonyl (C=O) groups excluding carboxylic acids is 1. The quantitative estimate of drug-likeness (QED) is 0.374. The highest BCUT2D eigenvalue weighted by molar-refractivity contribution is 7.07. The van der Waals surface area contributed by atoms with E-state index in [9.17, 15) is 9.59 Å². The topological polar surface area (TPSA) is 69.9 Å². The molecule has 0 fully saturated rings. The number of aryl methyl sites for hydroxylation is 1. The molecule has 1 aliphatic rings. The van der Waals surface area contributed by atoms with Gasteiger partial charge in [0.1, 0.15) is 5.75 Å². The van der Waals surface area contributed by atoms with Crippen LogP contribution in [0.1, 0.15) is 42.1 Å². The van der Waals surface area contributed by atoms with Crippen LogP contribution in [0.15, 0.2) is 76.2 Å². The van der Waals surface area contributed by atoms with Gasteiger partial charge in [-0.1, -0.05) is 53.3 Å². The smallest absolute Gasteiger partial charge is 0.338 e. The fraction of sp³-hybridized carbons (Fsp3) is 0.250. The molecule has 0 N–H and O–H groups in total. The Morgan fingerprint density at radius 3 is 2.60 bits per heavy atom. The third kappa shape index (κ3) is 4.77. The number of carbonyl (C=O) groups is 1. The first kappa shape index (κ1) is 24.4. The molecule has 4 rings (SSSR count). The Labute approximate surface area is 208 Å². The summed E-state index contributed by atoms with van der Waals surface area (Å²) < 4.78 is 12.9. The normalized spacial score (nSPS) is 15.4. The monoisotopic (exact) mass is 488 g/mol. The molecule has 0 bridgehead atoms. The van der Waals surface area contributed by atoms with Gasteiger partial charge in [0.15, 0.2) is 4.80 Å². The van der Waals surface area contributed by atoms with Crippen LogP contribution in [0.5, 0.6) is 5.75 Å². The second-order valence-electron chi connectivity index (χ2n) is 8.28. The van der Waals surface area contributed by atoms with Crippen LogP contribution >= 0.6 is 11.3 Å². The Bertz CT molecular complexity index is 1490. The minimum atomic E-state index is -0.611. The lowest BCUT2D eigenvalue weighted by molar-refractivity contribution is -0.139. The maximum Gasteiger partial charge on any atom is 0.338 e. The van der Waals surface area contributed by atoms with E-state index >= 15 is 0 Å². The summed E-state index contributed by atoms with van der Waals surface area (Å²) in [6.45, 7) is 9.61. The lowest BCUT2D eigenvalue weighted by Crippen LogP contribution is -2.39. The van der Waals surface area contributed by atoms with Crippen LogP contribution in [0.3, 0.4) is 0 Å². The lowest BCUT2D eigenvalue weighted by atomic mass is 9.95. The highest BCUT2D eigenvalue weighted by Crippen LogP contribution is 2.31. The Kier molecular flexibility index (Phi) is 7.17. The van der Waals surface area contributed by atoms with E-state index in [4.69, 9.17) is 9.47 Å². The Hall–Kier alpha value is -3.71. The van der Waals surface area contributed by atoms with Crippen molar-refractivity contribution in [2.75, 3.05) is 13.7 Å². The molecule has 1 aromatic heterocycles. The number of hydrogen-bond donors (Lipinski definition) is 0. The summed E-state index contributed by atoms with van der Waals surface area (Å²) in [5, 5.41) is 0. The molecule has 180 valence electrons. The van der Waals surface area contributed by atoms with Crippen LogP contribution in [0.4, 0.5) is 0 Å². The molecule has 0 radical (unpaired) electrons. The van der Waals surface area contributed by atoms with Crippen molar-refractivity contribution in [3.8, 4) is 5.75 Å². The summed E-state index contributed by atoms with van der Waals surface area (Å²) in [5.74, 6) is 0.315. The van der Waals surface area contributed by atoms with Gasteiger partial charge in [0.05, 0.1) is 35.6 Å². The highest BCUT2D eigenvalue weighted by atomic mass is 32.1. The van der Waals surface area contributed by atoms with Gasteiger partial charge in [-0.15, -0.1) is 6.58 Å². The molecule has 35 heavy (non-hydrogen) atoms. The average Bonchev–Trinajstić information content (AvgIpc) is 3.13. The zero-order chi connectivity index (χ0) is 25.1. The van der Waals surface area contributed by atoms with Gasteiger partial charge in [0.25, 0.3) is 5.56 Å². The van der Waals surface area contributed by atoms with E-state index in [0.717, 1.165) is 28.0 Å². The van der Waals surface area contributed by atoms with Gasteiger partial charge in [-0.05, 0) is 62.1 Å². The maximum atomic E-state index is 13.7. The Morgan fingerprint density at radius 1 is 1.20 bits per heavy atom. The summed E-state index contributed by atoms with van der Waals surface area (Å²) in [5.41, 5.74) is 4.53. The zero-order valence-corrected chi connectivity index (χ0v) is 21.1. The molecule has 7 heteroatoms. The highest BCUT2D eigenvalue weighted by Gasteiger charge is 2.33. The van der Waals surface area contributed by atoms with E-state index < -0.39 is 12.0 Å². The van der Waals surface area contributed by atoms with Gasteiger partial charge < -0.3 is 9.47 Å². The number of ether oxygens (including phenoxy) is 2. The molecule has 0 spiro atoms. The summed E-state index contributed by atoms with van der Waals surface area (Å²) >= 11 is 1.31. The summed E-state index contributed by atoms with van der Waals surface area (Å²) in [7, 11) is 1.63. The number of fused-ring (bicyclic) bond motifs is 1. The number of benzene rings is 2. The number of thiazole rings is 1.